The van der Waals surface area contributed by atoms with Gasteiger partial charge in [0, 0.05) is 26.7 Å². The summed E-state index contributed by atoms with van der Waals surface area (Å²) in [7, 11) is 2.01. The van der Waals surface area contributed by atoms with Gasteiger partial charge in [0.15, 0.2) is 5.78 Å². The number of Topliss-reactive ketones (excluding diaryl/α,β-unsaturated/α-hetero) is 1. The minimum absolute atomic E-state index is 0.232. The van der Waals surface area contributed by atoms with Crippen LogP contribution in [-0.2, 0) is 6.42 Å². The second kappa shape index (κ2) is 6.46. The predicted molar refractivity (Wildman–Crippen MR) is 83.6 cm³/mol. The molecule has 0 aliphatic rings. The molecule has 0 spiro atoms. The molecule has 4 heteroatoms. The average molecular weight is 293 g/mol. The first kappa shape index (κ1) is 14.4. The summed E-state index contributed by atoms with van der Waals surface area (Å²) in [5.41, 5.74) is 0.894. The van der Waals surface area contributed by atoms with Crippen molar-refractivity contribution in [3.8, 4) is 0 Å². The predicted octanol–water partition coefficient (Wildman–Crippen LogP) is 3.78. The molecule has 0 fully saturated rings. The summed E-state index contributed by atoms with van der Waals surface area (Å²) in [6, 6.07) is 6.23. The molecule has 2 aromatic rings. The minimum atomic E-state index is 0.232. The fourth-order valence-electron chi connectivity index (χ4n) is 2.07. The highest BCUT2D eigenvalue weighted by molar-refractivity contribution is 7.12. The Kier molecular flexibility index (Phi) is 4.91. The van der Waals surface area contributed by atoms with Crippen molar-refractivity contribution in [3.63, 3.8) is 0 Å². The highest BCUT2D eigenvalue weighted by atomic mass is 32.1. The number of thiophene rings is 2. The standard InChI is InChI=1S/C15H19NOS2/c1-11-9-14(12(2)19-11)15(17)10-16(3)7-6-13-5-4-8-18-13/h4-5,8-9H,6-7,10H2,1-3H3. The van der Waals surface area contributed by atoms with Gasteiger partial charge in [-0.2, -0.15) is 0 Å². The number of aryl methyl sites for hydroxylation is 2. The van der Waals surface area contributed by atoms with Gasteiger partial charge in [0.05, 0.1) is 6.54 Å². The van der Waals surface area contributed by atoms with Crippen molar-refractivity contribution in [1.29, 1.82) is 0 Å². The van der Waals surface area contributed by atoms with Gasteiger partial charge in [-0.05, 0) is 44.8 Å². The van der Waals surface area contributed by atoms with Crippen molar-refractivity contribution in [1.82, 2.24) is 4.90 Å². The normalized spacial score (nSPS) is 11.2. The second-order valence-corrected chi connectivity index (χ2v) is 7.31. The van der Waals surface area contributed by atoms with Crippen LogP contribution in [0.15, 0.2) is 23.6 Å². The molecule has 19 heavy (non-hydrogen) atoms. The van der Waals surface area contributed by atoms with Crippen LogP contribution >= 0.6 is 22.7 Å². The van der Waals surface area contributed by atoms with Crippen LogP contribution in [0.5, 0.6) is 0 Å². The van der Waals surface area contributed by atoms with Crippen LogP contribution in [0.4, 0.5) is 0 Å². The van der Waals surface area contributed by atoms with Gasteiger partial charge in [0.2, 0.25) is 0 Å². The van der Waals surface area contributed by atoms with Crippen molar-refractivity contribution in [2.45, 2.75) is 20.3 Å². The molecule has 102 valence electrons. The zero-order valence-corrected chi connectivity index (χ0v) is 13.2. The van der Waals surface area contributed by atoms with E-state index in [9.17, 15) is 4.79 Å². The number of ketones is 1. The van der Waals surface area contributed by atoms with Crippen molar-refractivity contribution in [3.05, 3.63) is 43.8 Å². The Balaban J connectivity index is 1.86. The van der Waals surface area contributed by atoms with Gasteiger partial charge in [-0.1, -0.05) is 6.07 Å². The zero-order valence-electron chi connectivity index (χ0n) is 11.6. The first-order valence-corrected chi connectivity index (χ1v) is 8.07. The van der Waals surface area contributed by atoms with E-state index in [4.69, 9.17) is 0 Å². The van der Waals surface area contributed by atoms with Crippen molar-refractivity contribution < 1.29 is 4.79 Å². The Hall–Kier alpha value is -0.970. The third kappa shape index (κ3) is 4.00. The van der Waals surface area contributed by atoms with Crippen LogP contribution in [0.3, 0.4) is 0 Å². The Morgan fingerprint density at radius 2 is 2.16 bits per heavy atom. The van der Waals surface area contributed by atoms with E-state index in [1.54, 1.807) is 22.7 Å². The average Bonchev–Trinajstić information content (AvgIpc) is 2.96. The monoisotopic (exact) mass is 293 g/mol. The van der Waals surface area contributed by atoms with Gasteiger partial charge in [0.25, 0.3) is 0 Å². The number of rotatable bonds is 6. The maximum Gasteiger partial charge on any atom is 0.177 e. The summed E-state index contributed by atoms with van der Waals surface area (Å²) in [5, 5.41) is 2.10. The van der Waals surface area contributed by atoms with E-state index < -0.39 is 0 Å². The molecule has 2 aromatic heterocycles. The second-order valence-electron chi connectivity index (χ2n) is 4.82. The summed E-state index contributed by atoms with van der Waals surface area (Å²) < 4.78 is 0. The number of carbonyl (C=O) groups excluding carboxylic acids is 1. The number of hydrogen-bond acceptors (Lipinski definition) is 4. The van der Waals surface area contributed by atoms with Crippen molar-refractivity contribution in [2.24, 2.45) is 0 Å². The van der Waals surface area contributed by atoms with E-state index in [1.807, 2.05) is 20.0 Å². The van der Waals surface area contributed by atoms with Gasteiger partial charge in [-0.25, -0.2) is 0 Å². The smallest absolute Gasteiger partial charge is 0.177 e. The van der Waals surface area contributed by atoms with E-state index in [2.05, 4.69) is 29.3 Å². The number of nitrogens with zero attached hydrogens (tertiary/aromatic N) is 1. The molecule has 0 radical (unpaired) electrons. The number of hydrogen-bond donors (Lipinski definition) is 0. The lowest BCUT2D eigenvalue weighted by Gasteiger charge is -2.14. The third-order valence-electron chi connectivity index (χ3n) is 3.07. The molecule has 0 amide bonds. The molecule has 0 unspecified atom stereocenters. The molecular formula is C15H19NOS2. The van der Waals surface area contributed by atoms with E-state index in [1.165, 1.54) is 9.75 Å². The largest absolute Gasteiger partial charge is 0.299 e. The molecule has 0 aliphatic heterocycles. The first-order chi connectivity index (χ1) is 9.06. The van der Waals surface area contributed by atoms with Crippen LogP contribution in [-0.4, -0.2) is 30.8 Å². The quantitative estimate of drug-likeness (QED) is 0.755. The first-order valence-electron chi connectivity index (χ1n) is 6.37. The van der Waals surface area contributed by atoms with Crippen LogP contribution in [0, 0.1) is 13.8 Å². The Morgan fingerprint density at radius 1 is 1.37 bits per heavy atom. The molecule has 0 aliphatic carbocycles. The fourth-order valence-corrected chi connectivity index (χ4v) is 3.71. The molecule has 2 rings (SSSR count). The van der Waals surface area contributed by atoms with E-state index in [-0.39, 0.29) is 5.78 Å². The van der Waals surface area contributed by atoms with Gasteiger partial charge in [-0.15, -0.1) is 22.7 Å². The van der Waals surface area contributed by atoms with E-state index in [0.29, 0.717) is 6.54 Å². The molecule has 0 atom stereocenters. The topological polar surface area (TPSA) is 20.3 Å². The Bertz CT molecular complexity index is 543. The van der Waals surface area contributed by atoms with Crippen LogP contribution in [0.2, 0.25) is 0 Å². The summed E-state index contributed by atoms with van der Waals surface area (Å²) in [6.07, 6.45) is 1.02. The number of carbonyl (C=O) groups is 1. The molecule has 0 saturated heterocycles. The summed E-state index contributed by atoms with van der Waals surface area (Å²) >= 11 is 3.47. The fraction of sp³-hybridized carbons (Fsp3) is 0.400. The lowest BCUT2D eigenvalue weighted by Crippen LogP contribution is -2.28. The summed E-state index contributed by atoms with van der Waals surface area (Å²) in [4.78, 5) is 18.0. The molecule has 2 heterocycles. The number of likely N-dealkylation sites (N-methyl/N-ethyl adjacent to an activating group) is 1. The summed E-state index contributed by atoms with van der Waals surface area (Å²) in [6.45, 7) is 5.50. The lowest BCUT2D eigenvalue weighted by molar-refractivity contribution is 0.0947. The highest BCUT2D eigenvalue weighted by Gasteiger charge is 2.14. The summed E-state index contributed by atoms with van der Waals surface area (Å²) in [5.74, 6) is 0.232. The Labute approximate surface area is 122 Å². The van der Waals surface area contributed by atoms with Crippen molar-refractivity contribution in [2.75, 3.05) is 20.1 Å². The molecule has 0 saturated carbocycles. The van der Waals surface area contributed by atoms with Crippen molar-refractivity contribution >= 4 is 28.5 Å². The molecular weight excluding hydrogens is 274 g/mol. The van der Waals surface area contributed by atoms with E-state index in [0.717, 1.165) is 23.4 Å². The molecule has 0 aromatic carbocycles. The van der Waals surface area contributed by atoms with E-state index >= 15 is 0 Å². The molecule has 0 bridgehead atoms. The van der Waals surface area contributed by atoms with Crippen LogP contribution in [0.1, 0.15) is 25.0 Å². The third-order valence-corrected chi connectivity index (χ3v) is 4.98. The molecule has 2 nitrogen and oxygen atoms in total. The van der Waals surface area contributed by atoms with Crippen LogP contribution < -0.4 is 0 Å². The van der Waals surface area contributed by atoms with Crippen LogP contribution in [0.25, 0.3) is 0 Å². The van der Waals surface area contributed by atoms with Gasteiger partial charge >= 0.3 is 0 Å². The Morgan fingerprint density at radius 3 is 2.74 bits per heavy atom. The minimum Gasteiger partial charge on any atom is -0.299 e. The lowest BCUT2D eigenvalue weighted by atomic mass is 10.1. The van der Waals surface area contributed by atoms with Gasteiger partial charge < -0.3 is 0 Å². The SMILES string of the molecule is Cc1cc(C(=O)CN(C)CCc2cccs2)c(C)s1. The maximum atomic E-state index is 12.2. The molecule has 0 N–H and O–H groups in total. The van der Waals surface area contributed by atoms with Gasteiger partial charge in [0.1, 0.15) is 0 Å². The zero-order chi connectivity index (χ0) is 13.8. The maximum absolute atomic E-state index is 12.2. The highest BCUT2D eigenvalue weighted by Crippen LogP contribution is 2.21. The van der Waals surface area contributed by atoms with Gasteiger partial charge in [-0.3, -0.25) is 9.69 Å².